The zero-order valence-corrected chi connectivity index (χ0v) is 7.14. The van der Waals surface area contributed by atoms with Crippen LogP contribution >= 0.6 is 0 Å². The van der Waals surface area contributed by atoms with Crippen molar-refractivity contribution >= 4 is 0 Å². The van der Waals surface area contributed by atoms with Crippen molar-refractivity contribution in [2.24, 2.45) is 5.84 Å². The highest BCUT2D eigenvalue weighted by Crippen LogP contribution is 2.47. The molecule has 0 aromatic heterocycles. The van der Waals surface area contributed by atoms with Crippen LogP contribution in [0, 0.1) is 0 Å². The van der Waals surface area contributed by atoms with Crippen molar-refractivity contribution in [2.75, 3.05) is 13.6 Å². The van der Waals surface area contributed by atoms with E-state index in [4.69, 9.17) is 5.84 Å². The van der Waals surface area contributed by atoms with Gasteiger partial charge in [0.25, 0.3) is 0 Å². The van der Waals surface area contributed by atoms with Crippen molar-refractivity contribution in [3.63, 3.8) is 0 Å². The molecule has 11 heavy (non-hydrogen) atoms. The zero-order chi connectivity index (χ0) is 7.90. The fourth-order valence-electron chi connectivity index (χ4n) is 2.16. The Morgan fingerprint density at radius 1 is 1.45 bits per heavy atom. The molecule has 1 spiro atoms. The molecule has 1 unspecified atom stereocenters. The molecule has 2 aliphatic rings. The third-order valence-corrected chi connectivity index (χ3v) is 3.33. The summed E-state index contributed by atoms with van der Waals surface area (Å²) >= 11 is 0. The van der Waals surface area contributed by atoms with Crippen LogP contribution in [0.2, 0.25) is 0 Å². The SMILES string of the molecule is CN1CC(NN)CCC12CC2. The number of likely N-dealkylation sites (N-methyl/N-ethyl adjacent to an activating group) is 1. The van der Waals surface area contributed by atoms with Crippen molar-refractivity contribution in [3.05, 3.63) is 0 Å². The predicted molar refractivity (Wildman–Crippen MR) is 44.9 cm³/mol. The molecule has 1 saturated carbocycles. The molecule has 0 aromatic rings. The monoisotopic (exact) mass is 155 g/mol. The smallest absolute Gasteiger partial charge is 0.0338 e. The molecule has 0 bridgehead atoms. The van der Waals surface area contributed by atoms with Gasteiger partial charge in [-0.25, -0.2) is 0 Å². The lowest BCUT2D eigenvalue weighted by molar-refractivity contribution is 0.135. The maximum Gasteiger partial charge on any atom is 0.0338 e. The highest BCUT2D eigenvalue weighted by molar-refractivity contribution is 5.06. The minimum atomic E-state index is 0.520. The van der Waals surface area contributed by atoms with Crippen LogP contribution in [-0.2, 0) is 0 Å². The van der Waals surface area contributed by atoms with Gasteiger partial charge in [0, 0.05) is 18.1 Å². The van der Waals surface area contributed by atoms with Crippen LogP contribution in [0.4, 0.5) is 0 Å². The van der Waals surface area contributed by atoms with Gasteiger partial charge in [-0.2, -0.15) is 0 Å². The Morgan fingerprint density at radius 3 is 2.64 bits per heavy atom. The van der Waals surface area contributed by atoms with Gasteiger partial charge in [-0.3, -0.25) is 16.2 Å². The van der Waals surface area contributed by atoms with Crippen LogP contribution in [0.15, 0.2) is 0 Å². The van der Waals surface area contributed by atoms with E-state index in [1.165, 1.54) is 25.7 Å². The standard InChI is InChI=1S/C8H17N3/c1-11-6-7(10-9)2-3-8(11)4-5-8/h7,10H,2-6,9H2,1H3. The molecule has 3 nitrogen and oxygen atoms in total. The molecule has 1 atom stereocenters. The molecule has 1 heterocycles. The highest BCUT2D eigenvalue weighted by atomic mass is 15.3. The summed E-state index contributed by atoms with van der Waals surface area (Å²) in [6.07, 6.45) is 5.39. The minimum Gasteiger partial charge on any atom is -0.299 e. The van der Waals surface area contributed by atoms with Gasteiger partial charge in [0.1, 0.15) is 0 Å². The third-order valence-electron chi connectivity index (χ3n) is 3.33. The van der Waals surface area contributed by atoms with Crippen molar-refractivity contribution in [2.45, 2.75) is 37.3 Å². The fourth-order valence-corrected chi connectivity index (χ4v) is 2.16. The van der Waals surface area contributed by atoms with Crippen molar-refractivity contribution in [3.8, 4) is 0 Å². The summed E-state index contributed by atoms with van der Waals surface area (Å²) in [5.74, 6) is 5.40. The summed E-state index contributed by atoms with van der Waals surface area (Å²) in [6, 6.07) is 0.520. The summed E-state index contributed by atoms with van der Waals surface area (Å²) < 4.78 is 0. The van der Waals surface area contributed by atoms with Crippen molar-refractivity contribution < 1.29 is 0 Å². The van der Waals surface area contributed by atoms with Gasteiger partial charge in [-0.05, 0) is 32.7 Å². The molecule has 2 fully saturated rings. The van der Waals surface area contributed by atoms with Gasteiger partial charge < -0.3 is 0 Å². The van der Waals surface area contributed by atoms with E-state index in [0.717, 1.165) is 6.54 Å². The van der Waals surface area contributed by atoms with Crippen molar-refractivity contribution in [1.82, 2.24) is 10.3 Å². The van der Waals surface area contributed by atoms with E-state index in [9.17, 15) is 0 Å². The lowest BCUT2D eigenvalue weighted by Crippen LogP contribution is -2.51. The largest absolute Gasteiger partial charge is 0.299 e. The van der Waals surface area contributed by atoms with E-state index >= 15 is 0 Å². The van der Waals surface area contributed by atoms with Crippen LogP contribution in [0.1, 0.15) is 25.7 Å². The number of nitrogens with zero attached hydrogens (tertiary/aromatic N) is 1. The molecule has 64 valence electrons. The second-order valence-electron chi connectivity index (χ2n) is 4.01. The fraction of sp³-hybridized carbons (Fsp3) is 1.00. The lowest BCUT2D eigenvalue weighted by Gasteiger charge is -2.37. The molecule has 0 aromatic carbocycles. The number of hydrogen-bond acceptors (Lipinski definition) is 3. The normalized spacial score (nSPS) is 36.0. The molecule has 3 N–H and O–H groups in total. The predicted octanol–water partition coefficient (Wildman–Crippen LogP) is 0.0765. The van der Waals surface area contributed by atoms with Crippen LogP contribution in [0.25, 0.3) is 0 Å². The Labute approximate surface area is 67.9 Å². The molecule has 1 saturated heterocycles. The molecule has 1 aliphatic heterocycles. The van der Waals surface area contributed by atoms with Crippen LogP contribution in [0.5, 0.6) is 0 Å². The molecule has 0 radical (unpaired) electrons. The molecule has 2 rings (SSSR count). The lowest BCUT2D eigenvalue weighted by atomic mass is 9.97. The van der Waals surface area contributed by atoms with E-state index in [1.54, 1.807) is 0 Å². The number of hydrogen-bond donors (Lipinski definition) is 2. The molecule has 0 amide bonds. The van der Waals surface area contributed by atoms with E-state index in [2.05, 4.69) is 17.4 Å². The van der Waals surface area contributed by atoms with Gasteiger partial charge in [0.2, 0.25) is 0 Å². The highest BCUT2D eigenvalue weighted by Gasteiger charge is 2.48. The second-order valence-corrected chi connectivity index (χ2v) is 4.01. The number of nitrogens with two attached hydrogens (primary N) is 1. The first kappa shape index (κ1) is 7.53. The number of nitrogens with one attached hydrogen (secondary N) is 1. The number of likely N-dealkylation sites (tertiary alicyclic amines) is 1. The zero-order valence-electron chi connectivity index (χ0n) is 7.14. The summed E-state index contributed by atoms with van der Waals surface area (Å²) in [5, 5.41) is 0. The maximum atomic E-state index is 5.40. The summed E-state index contributed by atoms with van der Waals surface area (Å²) in [5.41, 5.74) is 3.46. The summed E-state index contributed by atoms with van der Waals surface area (Å²) in [7, 11) is 2.22. The average Bonchev–Trinajstić information content (AvgIpc) is 2.77. The van der Waals surface area contributed by atoms with Crippen LogP contribution in [0.3, 0.4) is 0 Å². The molecular formula is C8H17N3. The summed E-state index contributed by atoms with van der Waals surface area (Å²) in [6.45, 7) is 1.12. The van der Waals surface area contributed by atoms with Crippen LogP contribution in [-0.4, -0.2) is 30.1 Å². The summed E-state index contributed by atoms with van der Waals surface area (Å²) in [4.78, 5) is 2.47. The van der Waals surface area contributed by atoms with E-state index in [1.807, 2.05) is 0 Å². The molecular weight excluding hydrogens is 138 g/mol. The van der Waals surface area contributed by atoms with Crippen LogP contribution < -0.4 is 11.3 Å². The number of piperidine rings is 1. The average molecular weight is 155 g/mol. The first-order valence-corrected chi connectivity index (χ1v) is 4.44. The van der Waals surface area contributed by atoms with Gasteiger partial charge in [0.05, 0.1) is 0 Å². The van der Waals surface area contributed by atoms with E-state index < -0.39 is 0 Å². The minimum absolute atomic E-state index is 0.520. The van der Waals surface area contributed by atoms with Crippen molar-refractivity contribution in [1.29, 1.82) is 0 Å². The maximum absolute atomic E-state index is 5.40. The molecule has 1 aliphatic carbocycles. The van der Waals surface area contributed by atoms with E-state index in [-0.39, 0.29) is 0 Å². The van der Waals surface area contributed by atoms with Gasteiger partial charge in [-0.1, -0.05) is 0 Å². The number of rotatable bonds is 1. The first-order valence-electron chi connectivity index (χ1n) is 4.44. The van der Waals surface area contributed by atoms with Gasteiger partial charge >= 0.3 is 0 Å². The number of hydrazine groups is 1. The second kappa shape index (κ2) is 2.44. The Morgan fingerprint density at radius 2 is 2.18 bits per heavy atom. The Bertz CT molecular complexity index is 153. The van der Waals surface area contributed by atoms with E-state index in [0.29, 0.717) is 11.6 Å². The third kappa shape index (κ3) is 1.17. The Balaban J connectivity index is 1.94. The Kier molecular flexibility index (Phi) is 1.67. The van der Waals surface area contributed by atoms with Gasteiger partial charge in [0.15, 0.2) is 0 Å². The topological polar surface area (TPSA) is 41.3 Å². The molecule has 3 heteroatoms. The quantitative estimate of drug-likeness (QED) is 0.416. The Hall–Kier alpha value is -0.120. The first-order chi connectivity index (χ1) is 5.27. The van der Waals surface area contributed by atoms with Gasteiger partial charge in [-0.15, -0.1) is 0 Å².